The minimum absolute atomic E-state index is 0.127. The zero-order valence-corrected chi connectivity index (χ0v) is 10.4. The molecule has 0 radical (unpaired) electrons. The van der Waals surface area contributed by atoms with Crippen LogP contribution in [0.4, 0.5) is 19.3 Å². The maximum absolute atomic E-state index is 13.0. The second-order valence-electron chi connectivity index (χ2n) is 4.85. The van der Waals surface area contributed by atoms with Crippen LogP contribution >= 0.6 is 0 Å². The van der Waals surface area contributed by atoms with Crippen LogP contribution < -0.4 is 10.6 Å². The molecule has 3 N–H and O–H groups in total. The zero-order chi connectivity index (χ0) is 13.9. The van der Waals surface area contributed by atoms with Gasteiger partial charge in [0.2, 0.25) is 0 Å². The number of hydrogen-bond donors (Lipinski definition) is 3. The predicted molar refractivity (Wildman–Crippen MR) is 66.8 cm³/mol. The highest BCUT2D eigenvalue weighted by atomic mass is 19.2. The molecule has 0 aromatic heterocycles. The van der Waals surface area contributed by atoms with Gasteiger partial charge in [0.05, 0.1) is 12.1 Å². The first-order valence-corrected chi connectivity index (χ1v) is 6.20. The van der Waals surface area contributed by atoms with E-state index in [1.807, 2.05) is 0 Å². The summed E-state index contributed by atoms with van der Waals surface area (Å²) in [5.74, 6) is -1.98. The first kappa shape index (κ1) is 13.7. The Hall–Kier alpha value is -1.69. The quantitative estimate of drug-likeness (QED) is 0.789. The molecule has 2 rings (SSSR count). The van der Waals surface area contributed by atoms with E-state index in [2.05, 4.69) is 10.6 Å². The van der Waals surface area contributed by atoms with Crippen molar-refractivity contribution < 1.29 is 18.7 Å². The smallest absolute Gasteiger partial charge is 0.319 e. The molecule has 104 valence electrons. The number of amides is 2. The molecule has 1 saturated carbocycles. The molecule has 2 amide bonds. The molecule has 1 fully saturated rings. The second-order valence-corrected chi connectivity index (χ2v) is 4.85. The molecule has 4 nitrogen and oxygen atoms in total. The summed E-state index contributed by atoms with van der Waals surface area (Å²) in [6.45, 7) is -0.127. The van der Waals surface area contributed by atoms with E-state index in [9.17, 15) is 18.7 Å². The van der Waals surface area contributed by atoms with Crippen LogP contribution in [0.1, 0.15) is 25.7 Å². The molecular weight excluding hydrogens is 254 g/mol. The highest BCUT2D eigenvalue weighted by molar-refractivity contribution is 5.89. The molecule has 19 heavy (non-hydrogen) atoms. The second kappa shape index (κ2) is 5.52. The first-order valence-electron chi connectivity index (χ1n) is 6.20. The summed E-state index contributed by atoms with van der Waals surface area (Å²) in [5.41, 5.74) is -0.426. The van der Waals surface area contributed by atoms with Gasteiger partial charge in [-0.2, -0.15) is 0 Å². The highest BCUT2D eigenvalue weighted by Gasteiger charge is 2.34. The first-order chi connectivity index (χ1) is 9.04. The van der Waals surface area contributed by atoms with E-state index in [0.29, 0.717) is 12.8 Å². The number of urea groups is 1. The molecule has 0 atom stereocenters. The zero-order valence-electron chi connectivity index (χ0n) is 10.4. The maximum Gasteiger partial charge on any atom is 0.319 e. The molecule has 0 spiro atoms. The summed E-state index contributed by atoms with van der Waals surface area (Å²) >= 11 is 0. The number of hydrogen-bond acceptors (Lipinski definition) is 2. The van der Waals surface area contributed by atoms with Gasteiger partial charge < -0.3 is 15.7 Å². The fourth-order valence-corrected chi connectivity index (χ4v) is 2.35. The number of nitrogens with one attached hydrogen (secondary N) is 2. The molecule has 6 heteroatoms. The molecular formula is C13H16F2N2O2. The number of halogens is 2. The summed E-state index contributed by atoms with van der Waals surface area (Å²) in [5, 5.41) is 14.5. The van der Waals surface area contributed by atoms with Crippen molar-refractivity contribution in [1.29, 1.82) is 0 Å². The van der Waals surface area contributed by atoms with Crippen LogP contribution in [0.15, 0.2) is 18.2 Å². The minimum Gasteiger partial charge on any atom is -0.394 e. The summed E-state index contributed by atoms with van der Waals surface area (Å²) < 4.78 is 25.7. The van der Waals surface area contributed by atoms with Crippen LogP contribution in [-0.4, -0.2) is 23.3 Å². The van der Waals surface area contributed by atoms with E-state index in [1.54, 1.807) is 0 Å². The van der Waals surface area contributed by atoms with E-state index in [1.165, 1.54) is 6.07 Å². The van der Waals surface area contributed by atoms with Crippen molar-refractivity contribution in [2.45, 2.75) is 31.2 Å². The van der Waals surface area contributed by atoms with Crippen molar-refractivity contribution in [3.05, 3.63) is 29.8 Å². The van der Waals surface area contributed by atoms with Crippen molar-refractivity contribution >= 4 is 11.7 Å². The third-order valence-electron chi connectivity index (χ3n) is 3.42. The van der Waals surface area contributed by atoms with Crippen LogP contribution in [0.25, 0.3) is 0 Å². The third kappa shape index (κ3) is 3.20. The van der Waals surface area contributed by atoms with Crippen LogP contribution in [0.3, 0.4) is 0 Å². The average molecular weight is 270 g/mol. The van der Waals surface area contributed by atoms with Gasteiger partial charge in [-0.25, -0.2) is 13.6 Å². The Bertz CT molecular complexity index is 474. The number of rotatable bonds is 3. The molecule has 0 heterocycles. The van der Waals surface area contributed by atoms with E-state index >= 15 is 0 Å². The van der Waals surface area contributed by atoms with Gasteiger partial charge in [-0.15, -0.1) is 0 Å². The Morgan fingerprint density at radius 1 is 1.26 bits per heavy atom. The largest absolute Gasteiger partial charge is 0.394 e. The fraction of sp³-hybridized carbons (Fsp3) is 0.462. The average Bonchev–Trinajstić information content (AvgIpc) is 2.83. The number of aliphatic hydroxyl groups excluding tert-OH is 1. The SMILES string of the molecule is O=C(Nc1ccc(F)c(F)c1)NC1(CO)CCCC1. The molecule has 1 aliphatic rings. The highest BCUT2D eigenvalue weighted by Crippen LogP contribution is 2.29. The molecule has 0 bridgehead atoms. The molecule has 1 aliphatic carbocycles. The third-order valence-corrected chi connectivity index (χ3v) is 3.42. The lowest BCUT2D eigenvalue weighted by molar-refractivity contribution is 0.167. The van der Waals surface area contributed by atoms with Crippen molar-refractivity contribution in [1.82, 2.24) is 5.32 Å². The maximum atomic E-state index is 13.0. The fourth-order valence-electron chi connectivity index (χ4n) is 2.35. The van der Waals surface area contributed by atoms with Gasteiger partial charge in [0.15, 0.2) is 11.6 Å². The van der Waals surface area contributed by atoms with Crippen molar-refractivity contribution in [3.63, 3.8) is 0 Å². The van der Waals surface area contributed by atoms with Gasteiger partial charge in [-0.1, -0.05) is 12.8 Å². The van der Waals surface area contributed by atoms with E-state index < -0.39 is 23.2 Å². The minimum atomic E-state index is -1.02. The normalized spacial score (nSPS) is 17.2. The monoisotopic (exact) mass is 270 g/mol. The van der Waals surface area contributed by atoms with Crippen molar-refractivity contribution in [3.8, 4) is 0 Å². The van der Waals surface area contributed by atoms with Crippen molar-refractivity contribution in [2.75, 3.05) is 11.9 Å². The van der Waals surface area contributed by atoms with Gasteiger partial charge in [-0.05, 0) is 25.0 Å². The Labute approximate surface area is 109 Å². The Morgan fingerprint density at radius 2 is 1.95 bits per heavy atom. The molecule has 1 aromatic rings. The van der Waals surface area contributed by atoms with Gasteiger partial charge in [0, 0.05) is 11.8 Å². The lowest BCUT2D eigenvalue weighted by atomic mass is 9.99. The molecule has 1 aromatic carbocycles. The standard InChI is InChI=1S/C13H16F2N2O2/c14-10-4-3-9(7-11(10)15)16-12(19)17-13(8-18)5-1-2-6-13/h3-4,7,18H,1-2,5-6,8H2,(H2,16,17,19). The van der Waals surface area contributed by atoms with Gasteiger partial charge in [-0.3, -0.25) is 0 Å². The number of benzene rings is 1. The molecule has 0 aliphatic heterocycles. The van der Waals surface area contributed by atoms with Crippen molar-refractivity contribution in [2.24, 2.45) is 0 Å². The number of aliphatic hydroxyl groups is 1. The predicted octanol–water partition coefficient (Wildman–Crippen LogP) is 2.39. The van der Waals surface area contributed by atoms with Gasteiger partial charge >= 0.3 is 6.03 Å². The Kier molecular flexibility index (Phi) is 3.99. The lowest BCUT2D eigenvalue weighted by Crippen LogP contribution is -2.50. The van der Waals surface area contributed by atoms with Gasteiger partial charge in [0.1, 0.15) is 0 Å². The molecule has 0 unspecified atom stereocenters. The lowest BCUT2D eigenvalue weighted by Gasteiger charge is -2.27. The van der Waals surface area contributed by atoms with Crippen LogP contribution in [-0.2, 0) is 0 Å². The Balaban J connectivity index is 1.99. The van der Waals surface area contributed by atoms with E-state index in [0.717, 1.165) is 25.0 Å². The topological polar surface area (TPSA) is 61.4 Å². The van der Waals surface area contributed by atoms with Gasteiger partial charge in [0.25, 0.3) is 0 Å². The Morgan fingerprint density at radius 3 is 2.53 bits per heavy atom. The summed E-state index contributed by atoms with van der Waals surface area (Å²) in [4.78, 5) is 11.8. The summed E-state index contributed by atoms with van der Waals surface area (Å²) in [6, 6.07) is 2.61. The van der Waals surface area contributed by atoms with Crippen LogP contribution in [0.5, 0.6) is 0 Å². The van der Waals surface area contributed by atoms with Crippen LogP contribution in [0, 0.1) is 11.6 Å². The molecule has 0 saturated heterocycles. The van der Waals surface area contributed by atoms with E-state index in [4.69, 9.17) is 0 Å². The number of carbonyl (C=O) groups is 1. The number of carbonyl (C=O) groups excluding carboxylic acids is 1. The van der Waals surface area contributed by atoms with E-state index in [-0.39, 0.29) is 12.3 Å². The van der Waals surface area contributed by atoms with Crippen LogP contribution in [0.2, 0.25) is 0 Å². The summed E-state index contributed by atoms with van der Waals surface area (Å²) in [6.07, 6.45) is 3.33. The summed E-state index contributed by atoms with van der Waals surface area (Å²) in [7, 11) is 0. The number of anilines is 1.